The Labute approximate surface area is 76.6 Å². The summed E-state index contributed by atoms with van der Waals surface area (Å²) in [6.07, 6.45) is 0. The van der Waals surface area contributed by atoms with Gasteiger partial charge in [-0.2, -0.15) is 0 Å². The zero-order valence-corrected chi connectivity index (χ0v) is 7.20. The minimum absolute atomic E-state index is 0.0741. The SMILES string of the molecule is Nc1cccc2cc(CO)ccc12. The minimum atomic E-state index is 0.0741. The Morgan fingerprint density at radius 2 is 2.00 bits per heavy atom. The molecule has 0 unspecified atom stereocenters. The molecule has 0 atom stereocenters. The Morgan fingerprint density at radius 3 is 2.77 bits per heavy atom. The number of fused-ring (bicyclic) bond motifs is 1. The number of aliphatic hydroxyl groups excluding tert-OH is 1. The molecule has 0 bridgehead atoms. The van der Waals surface area contributed by atoms with E-state index < -0.39 is 0 Å². The van der Waals surface area contributed by atoms with Gasteiger partial charge in [-0.15, -0.1) is 0 Å². The first kappa shape index (κ1) is 8.08. The van der Waals surface area contributed by atoms with E-state index in [4.69, 9.17) is 10.8 Å². The monoisotopic (exact) mass is 173 g/mol. The summed E-state index contributed by atoms with van der Waals surface area (Å²) >= 11 is 0. The number of benzene rings is 2. The third-order valence-electron chi connectivity index (χ3n) is 2.16. The van der Waals surface area contributed by atoms with Crippen LogP contribution in [0, 0.1) is 0 Å². The summed E-state index contributed by atoms with van der Waals surface area (Å²) in [5.41, 5.74) is 7.48. The van der Waals surface area contributed by atoms with Gasteiger partial charge in [-0.25, -0.2) is 0 Å². The molecule has 2 rings (SSSR count). The van der Waals surface area contributed by atoms with Crippen LogP contribution in [-0.2, 0) is 6.61 Å². The molecule has 0 aliphatic carbocycles. The fraction of sp³-hybridized carbons (Fsp3) is 0.0909. The molecule has 2 aromatic carbocycles. The Hall–Kier alpha value is -1.54. The quantitative estimate of drug-likeness (QED) is 0.647. The normalized spacial score (nSPS) is 10.5. The smallest absolute Gasteiger partial charge is 0.0682 e. The molecule has 2 aromatic rings. The molecular formula is C11H11NO. The molecule has 0 aliphatic rings. The predicted octanol–water partition coefficient (Wildman–Crippen LogP) is 1.91. The zero-order chi connectivity index (χ0) is 9.26. The lowest BCUT2D eigenvalue weighted by Gasteiger charge is -2.02. The van der Waals surface area contributed by atoms with E-state index in [0.29, 0.717) is 0 Å². The molecule has 2 nitrogen and oxygen atoms in total. The molecule has 13 heavy (non-hydrogen) atoms. The molecule has 3 N–H and O–H groups in total. The molecule has 0 radical (unpaired) electrons. The Kier molecular flexibility index (Phi) is 1.91. The molecule has 66 valence electrons. The van der Waals surface area contributed by atoms with E-state index in [-0.39, 0.29) is 6.61 Å². The van der Waals surface area contributed by atoms with Gasteiger partial charge in [0, 0.05) is 11.1 Å². The van der Waals surface area contributed by atoms with Crippen molar-refractivity contribution in [3.63, 3.8) is 0 Å². The molecule has 0 amide bonds. The second-order valence-electron chi connectivity index (χ2n) is 3.06. The molecule has 0 saturated carbocycles. The molecule has 0 heterocycles. The number of hydrogen-bond acceptors (Lipinski definition) is 2. The van der Waals surface area contributed by atoms with Crippen LogP contribution in [0.2, 0.25) is 0 Å². The summed E-state index contributed by atoms with van der Waals surface area (Å²) in [4.78, 5) is 0. The molecule has 0 fully saturated rings. The van der Waals surface area contributed by atoms with E-state index in [9.17, 15) is 0 Å². The van der Waals surface area contributed by atoms with Crippen LogP contribution in [0.3, 0.4) is 0 Å². The van der Waals surface area contributed by atoms with Gasteiger partial charge in [-0.05, 0) is 23.1 Å². The van der Waals surface area contributed by atoms with E-state index in [1.165, 1.54) is 0 Å². The van der Waals surface area contributed by atoms with Gasteiger partial charge in [0.15, 0.2) is 0 Å². The maximum atomic E-state index is 8.94. The van der Waals surface area contributed by atoms with E-state index in [0.717, 1.165) is 22.0 Å². The largest absolute Gasteiger partial charge is 0.398 e. The van der Waals surface area contributed by atoms with Gasteiger partial charge in [0.05, 0.1) is 6.61 Å². The summed E-state index contributed by atoms with van der Waals surface area (Å²) in [6.45, 7) is 0.0741. The van der Waals surface area contributed by atoms with Gasteiger partial charge < -0.3 is 10.8 Å². The molecular weight excluding hydrogens is 162 g/mol. The van der Waals surface area contributed by atoms with Crippen molar-refractivity contribution in [3.05, 3.63) is 42.0 Å². The second-order valence-corrected chi connectivity index (χ2v) is 3.06. The Balaban J connectivity index is 2.72. The van der Waals surface area contributed by atoms with Gasteiger partial charge in [0.1, 0.15) is 0 Å². The van der Waals surface area contributed by atoms with Crippen LogP contribution >= 0.6 is 0 Å². The Bertz CT molecular complexity index is 437. The molecule has 0 aromatic heterocycles. The van der Waals surface area contributed by atoms with Gasteiger partial charge in [-0.3, -0.25) is 0 Å². The van der Waals surface area contributed by atoms with Gasteiger partial charge in [0.25, 0.3) is 0 Å². The highest BCUT2D eigenvalue weighted by atomic mass is 16.3. The summed E-state index contributed by atoms with van der Waals surface area (Å²) in [5, 5.41) is 11.1. The van der Waals surface area contributed by atoms with Crippen LogP contribution in [0.1, 0.15) is 5.56 Å². The maximum absolute atomic E-state index is 8.94. The van der Waals surface area contributed by atoms with Crippen molar-refractivity contribution in [2.75, 3.05) is 5.73 Å². The highest BCUT2D eigenvalue weighted by Gasteiger charge is 1.97. The topological polar surface area (TPSA) is 46.2 Å². The third-order valence-corrected chi connectivity index (χ3v) is 2.16. The third kappa shape index (κ3) is 1.36. The number of anilines is 1. The van der Waals surface area contributed by atoms with Gasteiger partial charge in [-0.1, -0.05) is 24.3 Å². The fourth-order valence-corrected chi connectivity index (χ4v) is 1.46. The van der Waals surface area contributed by atoms with E-state index in [1.807, 2.05) is 36.4 Å². The van der Waals surface area contributed by atoms with Crippen LogP contribution in [-0.4, -0.2) is 5.11 Å². The zero-order valence-electron chi connectivity index (χ0n) is 7.20. The van der Waals surface area contributed by atoms with Crippen LogP contribution < -0.4 is 5.73 Å². The summed E-state index contributed by atoms with van der Waals surface area (Å²) < 4.78 is 0. The van der Waals surface area contributed by atoms with Crippen molar-refractivity contribution in [3.8, 4) is 0 Å². The first-order valence-corrected chi connectivity index (χ1v) is 4.19. The van der Waals surface area contributed by atoms with Gasteiger partial charge in [0.2, 0.25) is 0 Å². The number of hydrogen-bond donors (Lipinski definition) is 2. The van der Waals surface area contributed by atoms with Crippen molar-refractivity contribution in [2.45, 2.75) is 6.61 Å². The average Bonchev–Trinajstić information content (AvgIpc) is 2.18. The highest BCUT2D eigenvalue weighted by molar-refractivity contribution is 5.93. The second kappa shape index (κ2) is 3.07. The molecule has 0 spiro atoms. The highest BCUT2D eigenvalue weighted by Crippen LogP contribution is 2.21. The van der Waals surface area contributed by atoms with Crippen molar-refractivity contribution in [2.24, 2.45) is 0 Å². The Morgan fingerprint density at radius 1 is 1.15 bits per heavy atom. The predicted molar refractivity (Wildman–Crippen MR) is 54.3 cm³/mol. The van der Waals surface area contributed by atoms with Crippen molar-refractivity contribution in [1.29, 1.82) is 0 Å². The molecule has 0 aliphatic heterocycles. The van der Waals surface area contributed by atoms with Crippen LogP contribution in [0.5, 0.6) is 0 Å². The maximum Gasteiger partial charge on any atom is 0.0682 e. The van der Waals surface area contributed by atoms with Crippen molar-refractivity contribution < 1.29 is 5.11 Å². The lowest BCUT2D eigenvalue weighted by Crippen LogP contribution is -1.88. The van der Waals surface area contributed by atoms with E-state index in [1.54, 1.807) is 0 Å². The lowest BCUT2D eigenvalue weighted by atomic mass is 10.1. The van der Waals surface area contributed by atoms with Crippen molar-refractivity contribution >= 4 is 16.5 Å². The lowest BCUT2D eigenvalue weighted by molar-refractivity contribution is 0.282. The molecule has 0 saturated heterocycles. The summed E-state index contributed by atoms with van der Waals surface area (Å²) in [6, 6.07) is 11.6. The van der Waals surface area contributed by atoms with Crippen LogP contribution in [0.15, 0.2) is 36.4 Å². The van der Waals surface area contributed by atoms with Crippen LogP contribution in [0.4, 0.5) is 5.69 Å². The number of aliphatic hydroxyl groups is 1. The standard InChI is InChI=1S/C11H11NO/c12-11-3-1-2-9-6-8(7-13)4-5-10(9)11/h1-6,13H,7,12H2. The van der Waals surface area contributed by atoms with Gasteiger partial charge >= 0.3 is 0 Å². The first-order chi connectivity index (χ1) is 6.31. The summed E-state index contributed by atoms with van der Waals surface area (Å²) in [5.74, 6) is 0. The molecule has 2 heteroatoms. The van der Waals surface area contributed by atoms with E-state index >= 15 is 0 Å². The van der Waals surface area contributed by atoms with Crippen LogP contribution in [0.25, 0.3) is 10.8 Å². The first-order valence-electron chi connectivity index (χ1n) is 4.19. The fourth-order valence-electron chi connectivity index (χ4n) is 1.46. The number of nitrogens with two attached hydrogens (primary N) is 1. The van der Waals surface area contributed by atoms with Crippen molar-refractivity contribution in [1.82, 2.24) is 0 Å². The average molecular weight is 173 g/mol. The summed E-state index contributed by atoms with van der Waals surface area (Å²) in [7, 11) is 0. The number of nitrogen functional groups attached to an aromatic ring is 1. The number of rotatable bonds is 1. The minimum Gasteiger partial charge on any atom is -0.398 e. The van der Waals surface area contributed by atoms with E-state index in [2.05, 4.69) is 0 Å².